The van der Waals surface area contributed by atoms with Gasteiger partial charge in [0.25, 0.3) is 5.91 Å². The van der Waals surface area contributed by atoms with Crippen LogP contribution in [0.4, 0.5) is 0 Å². The van der Waals surface area contributed by atoms with Crippen molar-refractivity contribution < 1.29 is 19.2 Å². The second-order valence-corrected chi connectivity index (χ2v) is 7.74. The number of hydrogen-bond donors (Lipinski definition) is 5. The van der Waals surface area contributed by atoms with Gasteiger partial charge in [0.15, 0.2) is 0 Å². The number of nitrogens with zero attached hydrogens (tertiary/aromatic N) is 1. The van der Waals surface area contributed by atoms with Crippen molar-refractivity contribution in [2.45, 2.75) is 70.4 Å². The minimum atomic E-state index is -0.745. The quantitative estimate of drug-likeness (QED) is 0.255. The Morgan fingerprint density at radius 2 is 1.87 bits per heavy atom. The fraction of sp³-hybridized carbons (Fsp3) is 0.619. The molecule has 0 aromatic carbocycles. The molecule has 174 valence electrons. The summed E-state index contributed by atoms with van der Waals surface area (Å²) in [6.45, 7) is 9.25. The van der Waals surface area contributed by atoms with Crippen molar-refractivity contribution in [1.82, 2.24) is 20.9 Å². The summed E-state index contributed by atoms with van der Waals surface area (Å²) in [4.78, 5) is 50.5. The molecule has 1 aliphatic rings. The van der Waals surface area contributed by atoms with E-state index < -0.39 is 23.9 Å². The van der Waals surface area contributed by atoms with E-state index in [2.05, 4.69) is 29.1 Å². The standard InChI is InChI=1S/C21H36N6O4/c1-4-8-18(28)25-16(10-6-5-9-14(2)22)20(30)24-13-19(29)26-17-11-7-12-27(15(3)23)21(17)31/h16-17H,2-13,22-23H2,1H3,(H,24,30)(H,25,28)(H,26,29)/t16-,17+/m1/s1. The lowest BCUT2D eigenvalue weighted by Crippen LogP contribution is -2.55. The second kappa shape index (κ2) is 13.3. The molecule has 0 saturated carbocycles. The van der Waals surface area contributed by atoms with Crippen LogP contribution in [0.1, 0.15) is 58.3 Å². The summed E-state index contributed by atoms with van der Waals surface area (Å²) in [6, 6.07) is -1.45. The van der Waals surface area contributed by atoms with E-state index in [1.807, 2.05) is 6.92 Å². The summed E-state index contributed by atoms with van der Waals surface area (Å²) >= 11 is 0. The van der Waals surface area contributed by atoms with Gasteiger partial charge in [-0.3, -0.25) is 24.1 Å². The predicted octanol–water partition coefficient (Wildman–Crippen LogP) is -0.0426. The maximum Gasteiger partial charge on any atom is 0.250 e. The van der Waals surface area contributed by atoms with E-state index in [0.29, 0.717) is 57.2 Å². The topological polar surface area (TPSA) is 160 Å². The Bertz CT molecular complexity index is 693. The van der Waals surface area contributed by atoms with Gasteiger partial charge in [0.2, 0.25) is 17.7 Å². The number of hydrogen-bond acceptors (Lipinski definition) is 6. The van der Waals surface area contributed by atoms with Crippen LogP contribution in [0.5, 0.6) is 0 Å². The van der Waals surface area contributed by atoms with Gasteiger partial charge in [0.1, 0.15) is 12.1 Å². The molecule has 1 saturated heterocycles. The van der Waals surface area contributed by atoms with E-state index in [9.17, 15) is 19.2 Å². The fourth-order valence-corrected chi connectivity index (χ4v) is 3.29. The monoisotopic (exact) mass is 436 g/mol. The van der Waals surface area contributed by atoms with Crippen LogP contribution in [0.3, 0.4) is 0 Å². The van der Waals surface area contributed by atoms with Crippen molar-refractivity contribution in [2.24, 2.45) is 11.5 Å². The van der Waals surface area contributed by atoms with Crippen LogP contribution in [0.2, 0.25) is 0 Å². The zero-order chi connectivity index (χ0) is 23.4. The molecule has 1 rings (SSSR count). The van der Waals surface area contributed by atoms with E-state index in [1.165, 1.54) is 4.90 Å². The van der Waals surface area contributed by atoms with Crippen molar-refractivity contribution in [1.29, 1.82) is 0 Å². The molecule has 0 radical (unpaired) electrons. The lowest BCUT2D eigenvalue weighted by Gasteiger charge is -2.32. The number of nitrogens with two attached hydrogens (primary N) is 2. The molecule has 0 unspecified atom stereocenters. The Morgan fingerprint density at radius 1 is 1.16 bits per heavy atom. The Morgan fingerprint density at radius 3 is 2.48 bits per heavy atom. The third kappa shape index (κ3) is 9.54. The van der Waals surface area contributed by atoms with Crippen LogP contribution in [-0.4, -0.2) is 53.7 Å². The Kier molecular flexibility index (Phi) is 11.2. The molecular formula is C21H36N6O4. The van der Waals surface area contributed by atoms with Crippen LogP contribution in [0, 0.1) is 0 Å². The first kappa shape index (κ1) is 26.0. The molecule has 2 atom stereocenters. The highest BCUT2D eigenvalue weighted by atomic mass is 16.2. The van der Waals surface area contributed by atoms with Gasteiger partial charge in [-0.1, -0.05) is 26.5 Å². The summed E-state index contributed by atoms with van der Waals surface area (Å²) in [7, 11) is 0. The lowest BCUT2D eigenvalue weighted by atomic mass is 10.0. The Hall–Kier alpha value is -3.04. The summed E-state index contributed by atoms with van der Waals surface area (Å²) in [6.07, 6.45) is 4.63. The number of amides is 4. The minimum Gasteiger partial charge on any atom is -0.403 e. The lowest BCUT2D eigenvalue weighted by molar-refractivity contribution is -0.137. The third-order valence-electron chi connectivity index (χ3n) is 4.91. The van der Waals surface area contributed by atoms with Crippen LogP contribution in [0.15, 0.2) is 24.7 Å². The number of likely N-dealkylation sites (tertiary alicyclic amines) is 1. The highest BCUT2D eigenvalue weighted by molar-refractivity contribution is 5.93. The number of carbonyl (C=O) groups is 4. The molecule has 1 aliphatic heterocycles. The number of rotatable bonds is 13. The van der Waals surface area contributed by atoms with E-state index >= 15 is 0 Å². The molecule has 7 N–H and O–H groups in total. The zero-order valence-electron chi connectivity index (χ0n) is 18.4. The molecular weight excluding hydrogens is 400 g/mol. The third-order valence-corrected chi connectivity index (χ3v) is 4.91. The molecule has 0 aromatic rings. The number of allylic oxidation sites excluding steroid dienone is 1. The molecule has 10 heteroatoms. The van der Waals surface area contributed by atoms with Gasteiger partial charge >= 0.3 is 0 Å². The van der Waals surface area contributed by atoms with Gasteiger partial charge in [-0.2, -0.15) is 0 Å². The minimum absolute atomic E-state index is 0.140. The zero-order valence-corrected chi connectivity index (χ0v) is 18.4. The second-order valence-electron chi connectivity index (χ2n) is 7.74. The molecule has 4 amide bonds. The first-order valence-corrected chi connectivity index (χ1v) is 10.7. The average Bonchev–Trinajstić information content (AvgIpc) is 2.69. The van der Waals surface area contributed by atoms with Crippen LogP contribution in [0.25, 0.3) is 0 Å². The summed E-state index contributed by atoms with van der Waals surface area (Å²) in [5, 5.41) is 7.88. The summed E-state index contributed by atoms with van der Waals surface area (Å²) < 4.78 is 0. The van der Waals surface area contributed by atoms with E-state index in [0.717, 1.165) is 6.42 Å². The molecule has 0 spiro atoms. The molecule has 1 heterocycles. The fourth-order valence-electron chi connectivity index (χ4n) is 3.29. The number of unbranched alkanes of at least 4 members (excludes halogenated alkanes) is 1. The van der Waals surface area contributed by atoms with Crippen LogP contribution < -0.4 is 27.4 Å². The molecule has 31 heavy (non-hydrogen) atoms. The van der Waals surface area contributed by atoms with Crippen molar-refractivity contribution in [3.63, 3.8) is 0 Å². The number of nitrogens with one attached hydrogen (secondary N) is 3. The summed E-state index contributed by atoms with van der Waals surface area (Å²) in [5.41, 5.74) is 11.7. The number of carbonyl (C=O) groups excluding carboxylic acids is 4. The highest BCUT2D eigenvalue weighted by Crippen LogP contribution is 2.13. The predicted molar refractivity (Wildman–Crippen MR) is 118 cm³/mol. The SMILES string of the molecule is C=C(N)CCCC[C@@H](NC(=O)CCC)C(=O)NCC(=O)N[C@H]1CCCN(C(=C)N)C1=O. The van der Waals surface area contributed by atoms with Gasteiger partial charge in [0.05, 0.1) is 12.4 Å². The van der Waals surface area contributed by atoms with Crippen molar-refractivity contribution in [3.8, 4) is 0 Å². The molecule has 1 fully saturated rings. The largest absolute Gasteiger partial charge is 0.403 e. The van der Waals surface area contributed by atoms with Gasteiger partial charge in [-0.15, -0.1) is 0 Å². The van der Waals surface area contributed by atoms with Crippen molar-refractivity contribution in [3.05, 3.63) is 24.7 Å². The number of piperidine rings is 1. The van der Waals surface area contributed by atoms with E-state index in [1.54, 1.807) is 0 Å². The van der Waals surface area contributed by atoms with Gasteiger partial charge < -0.3 is 27.4 Å². The van der Waals surface area contributed by atoms with E-state index in [-0.39, 0.29) is 24.2 Å². The normalized spacial score (nSPS) is 16.9. The first-order chi connectivity index (χ1) is 14.6. The van der Waals surface area contributed by atoms with E-state index in [4.69, 9.17) is 11.5 Å². The summed E-state index contributed by atoms with van der Waals surface area (Å²) in [5.74, 6) is -1.33. The molecule has 0 bridgehead atoms. The van der Waals surface area contributed by atoms with Crippen molar-refractivity contribution in [2.75, 3.05) is 13.1 Å². The first-order valence-electron chi connectivity index (χ1n) is 10.7. The molecule has 0 aliphatic carbocycles. The van der Waals surface area contributed by atoms with Gasteiger partial charge in [0, 0.05) is 18.7 Å². The Labute approximate surface area is 183 Å². The van der Waals surface area contributed by atoms with Gasteiger partial charge in [-0.05, 0) is 38.5 Å². The highest BCUT2D eigenvalue weighted by Gasteiger charge is 2.30. The maximum atomic E-state index is 12.6. The Balaban J connectivity index is 2.56. The average molecular weight is 437 g/mol. The molecule has 0 aromatic heterocycles. The van der Waals surface area contributed by atoms with Crippen LogP contribution >= 0.6 is 0 Å². The smallest absolute Gasteiger partial charge is 0.250 e. The van der Waals surface area contributed by atoms with Crippen LogP contribution in [-0.2, 0) is 19.2 Å². The van der Waals surface area contributed by atoms with Gasteiger partial charge in [-0.25, -0.2) is 0 Å². The molecule has 10 nitrogen and oxygen atoms in total. The van der Waals surface area contributed by atoms with Crippen molar-refractivity contribution >= 4 is 23.6 Å². The maximum absolute atomic E-state index is 12.6.